The number of carbonyl (C=O) groups is 1. The lowest BCUT2D eigenvalue weighted by molar-refractivity contribution is 0.251. The van der Waals surface area contributed by atoms with Gasteiger partial charge in [-0.15, -0.1) is 5.10 Å². The molecule has 7 heteroatoms. The fourth-order valence-electron chi connectivity index (χ4n) is 1.92. The minimum atomic E-state index is -0.430. The van der Waals surface area contributed by atoms with Gasteiger partial charge in [0.25, 0.3) is 0 Å². The summed E-state index contributed by atoms with van der Waals surface area (Å²) in [5, 5.41) is 9.37. The van der Waals surface area contributed by atoms with Crippen LogP contribution >= 0.6 is 0 Å². The standard InChI is InChI=1S/C14H18FN5O/c1-9(2)20-10(3)17-13(19-20)18-14(21)16-8-11-5-4-6-12(15)7-11/h4-7,9H,8H2,1-3H3,(H2,16,18,19,21). The van der Waals surface area contributed by atoms with Crippen LogP contribution in [0.2, 0.25) is 0 Å². The molecule has 1 aromatic heterocycles. The van der Waals surface area contributed by atoms with E-state index in [-0.39, 0.29) is 24.4 Å². The average Bonchev–Trinajstić information content (AvgIpc) is 2.77. The summed E-state index contributed by atoms with van der Waals surface area (Å²) in [7, 11) is 0. The third kappa shape index (κ3) is 4.01. The lowest BCUT2D eigenvalue weighted by atomic mass is 10.2. The van der Waals surface area contributed by atoms with E-state index in [2.05, 4.69) is 20.7 Å². The van der Waals surface area contributed by atoms with Crippen molar-refractivity contribution in [1.82, 2.24) is 20.1 Å². The Morgan fingerprint density at radius 2 is 2.19 bits per heavy atom. The van der Waals surface area contributed by atoms with Gasteiger partial charge < -0.3 is 5.32 Å². The Hall–Kier alpha value is -2.44. The summed E-state index contributed by atoms with van der Waals surface area (Å²) in [5.41, 5.74) is 0.682. The molecule has 112 valence electrons. The first-order valence-electron chi connectivity index (χ1n) is 6.68. The van der Waals surface area contributed by atoms with Crippen molar-refractivity contribution in [1.29, 1.82) is 0 Å². The Morgan fingerprint density at radius 1 is 1.43 bits per heavy atom. The Bertz CT molecular complexity index is 638. The largest absolute Gasteiger partial charge is 0.334 e. The van der Waals surface area contributed by atoms with E-state index in [9.17, 15) is 9.18 Å². The van der Waals surface area contributed by atoms with Gasteiger partial charge in [-0.2, -0.15) is 4.98 Å². The summed E-state index contributed by atoms with van der Waals surface area (Å²) in [6, 6.07) is 5.80. The fourth-order valence-corrected chi connectivity index (χ4v) is 1.92. The third-order valence-electron chi connectivity index (χ3n) is 2.86. The van der Waals surface area contributed by atoms with E-state index < -0.39 is 6.03 Å². The SMILES string of the molecule is Cc1nc(NC(=O)NCc2cccc(F)c2)nn1C(C)C. The molecule has 0 unspecified atom stereocenters. The van der Waals surface area contributed by atoms with Crippen molar-refractivity contribution in [2.75, 3.05) is 5.32 Å². The van der Waals surface area contributed by atoms with Crippen LogP contribution in [0.1, 0.15) is 31.3 Å². The first kappa shape index (κ1) is 15.0. The van der Waals surface area contributed by atoms with E-state index in [1.54, 1.807) is 16.8 Å². The summed E-state index contributed by atoms with van der Waals surface area (Å²) in [4.78, 5) is 15.9. The molecular formula is C14H18FN5O. The van der Waals surface area contributed by atoms with Crippen LogP contribution in [0, 0.1) is 12.7 Å². The molecule has 0 fully saturated rings. The maximum absolute atomic E-state index is 13.0. The smallest absolute Gasteiger partial charge is 0.321 e. The topological polar surface area (TPSA) is 71.8 Å². The number of hydrogen-bond donors (Lipinski definition) is 2. The summed E-state index contributed by atoms with van der Waals surface area (Å²) < 4.78 is 14.7. The Balaban J connectivity index is 1.91. The molecule has 0 saturated carbocycles. The van der Waals surface area contributed by atoms with E-state index in [0.29, 0.717) is 5.56 Å². The summed E-state index contributed by atoms with van der Waals surface area (Å²) in [6.07, 6.45) is 0. The average molecular weight is 291 g/mol. The number of rotatable bonds is 4. The van der Waals surface area contributed by atoms with E-state index in [0.717, 1.165) is 5.82 Å². The van der Waals surface area contributed by atoms with Crippen LogP contribution in [0.25, 0.3) is 0 Å². The van der Waals surface area contributed by atoms with Crippen molar-refractivity contribution in [3.05, 3.63) is 41.5 Å². The molecule has 1 heterocycles. The zero-order chi connectivity index (χ0) is 15.4. The normalized spacial score (nSPS) is 10.7. The number of urea groups is 1. The van der Waals surface area contributed by atoms with Gasteiger partial charge in [0.15, 0.2) is 0 Å². The van der Waals surface area contributed by atoms with Gasteiger partial charge in [-0.05, 0) is 38.5 Å². The minimum absolute atomic E-state index is 0.170. The highest BCUT2D eigenvalue weighted by Gasteiger charge is 2.11. The molecule has 0 spiro atoms. The summed E-state index contributed by atoms with van der Waals surface area (Å²) in [5.74, 6) is 0.644. The number of amides is 2. The van der Waals surface area contributed by atoms with Crippen LogP contribution in [-0.2, 0) is 6.54 Å². The van der Waals surface area contributed by atoms with Gasteiger partial charge in [-0.25, -0.2) is 13.9 Å². The molecule has 2 aromatic rings. The number of aryl methyl sites for hydroxylation is 1. The van der Waals surface area contributed by atoms with E-state index in [4.69, 9.17) is 0 Å². The molecule has 0 saturated heterocycles. The quantitative estimate of drug-likeness (QED) is 0.909. The van der Waals surface area contributed by atoms with Gasteiger partial charge in [-0.1, -0.05) is 12.1 Å². The van der Waals surface area contributed by atoms with Gasteiger partial charge >= 0.3 is 6.03 Å². The molecule has 0 bridgehead atoms. The monoisotopic (exact) mass is 291 g/mol. The molecule has 1 aromatic carbocycles. The van der Waals surface area contributed by atoms with Crippen molar-refractivity contribution in [2.24, 2.45) is 0 Å². The first-order chi connectivity index (χ1) is 9.95. The van der Waals surface area contributed by atoms with Crippen molar-refractivity contribution < 1.29 is 9.18 Å². The molecule has 6 nitrogen and oxygen atoms in total. The lowest BCUT2D eigenvalue weighted by Crippen LogP contribution is -2.28. The summed E-state index contributed by atoms with van der Waals surface area (Å²) in [6.45, 7) is 6.02. The van der Waals surface area contributed by atoms with Crippen molar-refractivity contribution in [3.8, 4) is 0 Å². The van der Waals surface area contributed by atoms with Crippen molar-refractivity contribution in [2.45, 2.75) is 33.4 Å². The Labute approximate surface area is 122 Å². The number of hydrogen-bond acceptors (Lipinski definition) is 3. The molecule has 2 amide bonds. The van der Waals surface area contributed by atoms with Gasteiger partial charge in [0, 0.05) is 12.6 Å². The highest BCUT2D eigenvalue weighted by molar-refractivity contribution is 5.87. The number of carbonyl (C=O) groups excluding carboxylic acids is 1. The van der Waals surface area contributed by atoms with Crippen molar-refractivity contribution in [3.63, 3.8) is 0 Å². The molecule has 21 heavy (non-hydrogen) atoms. The second-order valence-corrected chi connectivity index (χ2v) is 4.96. The predicted molar refractivity (Wildman–Crippen MR) is 77.4 cm³/mol. The van der Waals surface area contributed by atoms with Gasteiger partial charge in [0.05, 0.1) is 0 Å². The second kappa shape index (κ2) is 6.34. The number of nitrogens with zero attached hydrogens (tertiary/aromatic N) is 3. The number of halogens is 1. The van der Waals surface area contributed by atoms with E-state index >= 15 is 0 Å². The minimum Gasteiger partial charge on any atom is -0.334 e. The first-order valence-corrected chi connectivity index (χ1v) is 6.68. The van der Waals surface area contributed by atoms with Crippen LogP contribution in [0.3, 0.4) is 0 Å². The number of benzene rings is 1. The highest BCUT2D eigenvalue weighted by Crippen LogP contribution is 2.09. The molecule has 0 aliphatic rings. The zero-order valence-electron chi connectivity index (χ0n) is 12.2. The number of aromatic nitrogens is 3. The zero-order valence-corrected chi connectivity index (χ0v) is 12.2. The fraction of sp³-hybridized carbons (Fsp3) is 0.357. The summed E-state index contributed by atoms with van der Waals surface area (Å²) >= 11 is 0. The third-order valence-corrected chi connectivity index (χ3v) is 2.86. The Morgan fingerprint density at radius 3 is 2.81 bits per heavy atom. The second-order valence-electron chi connectivity index (χ2n) is 4.96. The molecule has 2 N–H and O–H groups in total. The van der Waals surface area contributed by atoms with E-state index in [1.165, 1.54) is 12.1 Å². The number of anilines is 1. The molecule has 2 rings (SSSR count). The molecule has 0 radical (unpaired) electrons. The van der Waals surface area contributed by atoms with Gasteiger partial charge in [0.2, 0.25) is 5.95 Å². The number of nitrogens with one attached hydrogen (secondary N) is 2. The van der Waals surface area contributed by atoms with Gasteiger partial charge in [0.1, 0.15) is 11.6 Å². The maximum atomic E-state index is 13.0. The van der Waals surface area contributed by atoms with E-state index in [1.807, 2.05) is 20.8 Å². The van der Waals surface area contributed by atoms with Crippen LogP contribution in [0.4, 0.5) is 15.1 Å². The van der Waals surface area contributed by atoms with Crippen LogP contribution in [0.15, 0.2) is 24.3 Å². The lowest BCUT2D eigenvalue weighted by Gasteiger charge is -2.06. The molecule has 0 atom stereocenters. The Kier molecular flexibility index (Phi) is 4.52. The van der Waals surface area contributed by atoms with Crippen molar-refractivity contribution >= 4 is 12.0 Å². The predicted octanol–water partition coefficient (Wildman–Crippen LogP) is 2.63. The molecular weight excluding hydrogens is 273 g/mol. The van der Waals surface area contributed by atoms with Gasteiger partial charge in [-0.3, -0.25) is 5.32 Å². The van der Waals surface area contributed by atoms with Crippen LogP contribution in [-0.4, -0.2) is 20.8 Å². The van der Waals surface area contributed by atoms with Crippen LogP contribution in [0.5, 0.6) is 0 Å². The highest BCUT2D eigenvalue weighted by atomic mass is 19.1. The van der Waals surface area contributed by atoms with Crippen LogP contribution < -0.4 is 10.6 Å². The molecule has 0 aliphatic heterocycles. The maximum Gasteiger partial charge on any atom is 0.321 e. The molecule has 0 aliphatic carbocycles.